The van der Waals surface area contributed by atoms with Gasteiger partial charge in [-0.15, -0.1) is 11.3 Å². The van der Waals surface area contributed by atoms with Crippen molar-refractivity contribution >= 4 is 27.3 Å². The predicted molar refractivity (Wildman–Crippen MR) is 119 cm³/mol. The van der Waals surface area contributed by atoms with E-state index in [1.165, 1.54) is 22.0 Å². The van der Waals surface area contributed by atoms with E-state index in [9.17, 15) is 8.42 Å². The minimum Gasteiger partial charge on any atom is -0.357 e. The standard InChI is InChI=1S/C19H35N5O2S2/c1-4-20-19(21-11-15-28(25,26)24(5-2)6-3)22-16-17(18-10-9-14-27-18)23-12-7-8-13-23/h9-10,14,17H,4-8,11-13,15-16H2,1-3H3,(H2,20,21,22). The molecule has 2 rings (SSSR count). The van der Waals surface area contributed by atoms with E-state index in [0.717, 1.165) is 19.6 Å². The molecule has 9 heteroatoms. The molecule has 1 unspecified atom stereocenters. The molecule has 28 heavy (non-hydrogen) atoms. The van der Waals surface area contributed by atoms with Crippen molar-refractivity contribution in [1.29, 1.82) is 0 Å². The number of aliphatic imine (C=N–C) groups is 1. The molecule has 7 nitrogen and oxygen atoms in total. The Balaban J connectivity index is 1.98. The average molecular weight is 430 g/mol. The number of rotatable bonds is 11. The Morgan fingerprint density at radius 3 is 2.54 bits per heavy atom. The molecule has 2 heterocycles. The van der Waals surface area contributed by atoms with Crippen molar-refractivity contribution in [3.63, 3.8) is 0 Å². The molecule has 0 saturated carbocycles. The van der Waals surface area contributed by atoms with E-state index in [0.29, 0.717) is 32.1 Å². The van der Waals surface area contributed by atoms with Gasteiger partial charge in [0.15, 0.2) is 5.96 Å². The number of hydrogen-bond acceptors (Lipinski definition) is 5. The fraction of sp³-hybridized carbons (Fsp3) is 0.737. The number of thiophene rings is 1. The first kappa shape index (κ1) is 23.1. The topological polar surface area (TPSA) is 77.0 Å². The van der Waals surface area contributed by atoms with E-state index >= 15 is 0 Å². The van der Waals surface area contributed by atoms with Crippen LogP contribution < -0.4 is 10.6 Å². The fourth-order valence-electron chi connectivity index (χ4n) is 3.48. The van der Waals surface area contributed by atoms with Crippen LogP contribution >= 0.6 is 11.3 Å². The molecule has 1 saturated heterocycles. The second-order valence-electron chi connectivity index (χ2n) is 6.82. The van der Waals surface area contributed by atoms with Crippen molar-refractivity contribution < 1.29 is 8.42 Å². The van der Waals surface area contributed by atoms with Crippen LogP contribution in [0.1, 0.15) is 44.5 Å². The molecule has 1 aliphatic rings. The highest BCUT2D eigenvalue weighted by Gasteiger charge is 2.24. The summed E-state index contributed by atoms with van der Waals surface area (Å²) in [5.74, 6) is 0.748. The van der Waals surface area contributed by atoms with Gasteiger partial charge in [-0.05, 0) is 44.3 Å². The lowest BCUT2D eigenvalue weighted by Crippen LogP contribution is -2.42. The highest BCUT2D eigenvalue weighted by Crippen LogP contribution is 2.28. The number of hydrogen-bond donors (Lipinski definition) is 2. The van der Waals surface area contributed by atoms with Gasteiger partial charge in [0.1, 0.15) is 0 Å². The van der Waals surface area contributed by atoms with Gasteiger partial charge in [0, 0.05) is 31.1 Å². The zero-order valence-corrected chi connectivity index (χ0v) is 19.0. The lowest BCUT2D eigenvalue weighted by Gasteiger charge is -2.25. The van der Waals surface area contributed by atoms with E-state index in [2.05, 4.69) is 33.0 Å². The molecule has 0 amide bonds. The van der Waals surface area contributed by atoms with Crippen LogP contribution in [-0.2, 0) is 10.0 Å². The maximum absolute atomic E-state index is 12.3. The summed E-state index contributed by atoms with van der Waals surface area (Å²) in [7, 11) is -3.23. The van der Waals surface area contributed by atoms with Crippen molar-refractivity contribution in [3.8, 4) is 0 Å². The molecule has 0 radical (unpaired) electrons. The number of likely N-dealkylation sites (tertiary alicyclic amines) is 1. The lowest BCUT2D eigenvalue weighted by molar-refractivity contribution is 0.255. The summed E-state index contributed by atoms with van der Waals surface area (Å²) in [5, 5.41) is 8.54. The maximum atomic E-state index is 12.3. The van der Waals surface area contributed by atoms with E-state index < -0.39 is 10.0 Å². The normalized spacial score (nSPS) is 17.2. The minimum atomic E-state index is -3.23. The van der Waals surface area contributed by atoms with Gasteiger partial charge in [-0.25, -0.2) is 12.7 Å². The van der Waals surface area contributed by atoms with Crippen LogP contribution in [0.15, 0.2) is 22.5 Å². The Morgan fingerprint density at radius 2 is 1.96 bits per heavy atom. The van der Waals surface area contributed by atoms with Crippen molar-refractivity contribution in [3.05, 3.63) is 22.4 Å². The van der Waals surface area contributed by atoms with Crippen LogP contribution in [0.3, 0.4) is 0 Å². The number of nitrogens with one attached hydrogen (secondary N) is 2. The van der Waals surface area contributed by atoms with Crippen molar-refractivity contribution in [2.24, 2.45) is 4.99 Å². The zero-order chi connectivity index (χ0) is 20.4. The van der Waals surface area contributed by atoms with Gasteiger partial charge in [0.05, 0.1) is 18.3 Å². The number of guanidine groups is 1. The predicted octanol–water partition coefficient (Wildman–Crippen LogP) is 2.11. The molecule has 0 aliphatic carbocycles. The van der Waals surface area contributed by atoms with Gasteiger partial charge < -0.3 is 10.6 Å². The van der Waals surface area contributed by atoms with Crippen LogP contribution in [0, 0.1) is 0 Å². The molecule has 0 spiro atoms. The first-order chi connectivity index (χ1) is 13.5. The zero-order valence-electron chi connectivity index (χ0n) is 17.4. The summed E-state index contributed by atoms with van der Waals surface area (Å²) in [6.45, 7) is 10.7. The van der Waals surface area contributed by atoms with Crippen LogP contribution in [-0.4, -0.2) is 75.1 Å². The first-order valence-corrected chi connectivity index (χ1v) is 12.8. The van der Waals surface area contributed by atoms with Crippen LogP contribution in [0.2, 0.25) is 0 Å². The van der Waals surface area contributed by atoms with Crippen molar-refractivity contribution in [1.82, 2.24) is 19.8 Å². The minimum absolute atomic E-state index is 0.0690. The Hall–Kier alpha value is -1.16. The van der Waals surface area contributed by atoms with E-state index in [1.54, 1.807) is 11.3 Å². The molecule has 0 aromatic carbocycles. The van der Waals surface area contributed by atoms with Crippen LogP contribution in [0.25, 0.3) is 0 Å². The molecular formula is C19H35N5O2S2. The summed E-state index contributed by atoms with van der Waals surface area (Å²) >= 11 is 1.78. The molecule has 0 bridgehead atoms. The van der Waals surface area contributed by atoms with Gasteiger partial charge in [0.2, 0.25) is 10.0 Å². The highest BCUT2D eigenvalue weighted by atomic mass is 32.2. The maximum Gasteiger partial charge on any atom is 0.215 e. The summed E-state index contributed by atoms with van der Waals surface area (Å²) < 4.78 is 26.2. The molecule has 2 N–H and O–H groups in total. The van der Waals surface area contributed by atoms with Gasteiger partial charge in [-0.3, -0.25) is 9.89 Å². The summed E-state index contributed by atoms with van der Waals surface area (Å²) in [6, 6.07) is 4.56. The first-order valence-electron chi connectivity index (χ1n) is 10.3. The Morgan fingerprint density at radius 1 is 1.25 bits per heavy atom. The fourth-order valence-corrected chi connectivity index (χ4v) is 5.74. The van der Waals surface area contributed by atoms with Crippen LogP contribution in [0.5, 0.6) is 0 Å². The largest absolute Gasteiger partial charge is 0.357 e. The second-order valence-corrected chi connectivity index (χ2v) is 9.89. The number of nitrogens with zero attached hydrogens (tertiary/aromatic N) is 3. The third kappa shape index (κ3) is 6.72. The van der Waals surface area contributed by atoms with Crippen LogP contribution in [0.4, 0.5) is 0 Å². The van der Waals surface area contributed by atoms with Gasteiger partial charge in [-0.2, -0.15) is 0 Å². The Labute approximate surface area is 174 Å². The Kier molecular flexibility index (Phi) is 9.70. The van der Waals surface area contributed by atoms with Gasteiger partial charge >= 0.3 is 0 Å². The lowest BCUT2D eigenvalue weighted by atomic mass is 10.2. The van der Waals surface area contributed by atoms with Gasteiger partial charge in [-0.1, -0.05) is 19.9 Å². The number of sulfonamides is 1. The molecule has 1 aliphatic heterocycles. The van der Waals surface area contributed by atoms with E-state index in [-0.39, 0.29) is 11.8 Å². The van der Waals surface area contributed by atoms with Gasteiger partial charge in [0.25, 0.3) is 0 Å². The molecular weight excluding hydrogens is 394 g/mol. The summed E-state index contributed by atoms with van der Waals surface area (Å²) in [6.07, 6.45) is 2.49. The van der Waals surface area contributed by atoms with Crippen molar-refractivity contribution in [2.45, 2.75) is 39.7 Å². The van der Waals surface area contributed by atoms with E-state index in [4.69, 9.17) is 4.99 Å². The SMILES string of the molecule is CCNC(=NCC(c1cccs1)N1CCCC1)NCCS(=O)(=O)N(CC)CC. The molecule has 1 aromatic heterocycles. The summed E-state index contributed by atoms with van der Waals surface area (Å²) in [5.41, 5.74) is 0. The quantitative estimate of drug-likeness (QED) is 0.416. The Bertz CT molecular complexity index is 681. The molecule has 160 valence electrons. The average Bonchev–Trinajstić information content (AvgIpc) is 3.37. The van der Waals surface area contributed by atoms with Crippen molar-refractivity contribution in [2.75, 3.05) is 51.6 Å². The molecule has 1 fully saturated rings. The smallest absolute Gasteiger partial charge is 0.215 e. The second kappa shape index (κ2) is 11.7. The third-order valence-corrected chi connectivity index (χ3v) is 7.97. The summed E-state index contributed by atoms with van der Waals surface area (Å²) in [4.78, 5) is 8.61. The molecule has 1 atom stereocenters. The highest BCUT2D eigenvalue weighted by molar-refractivity contribution is 7.89. The van der Waals surface area contributed by atoms with E-state index in [1.807, 2.05) is 20.8 Å². The third-order valence-electron chi connectivity index (χ3n) is 4.97. The monoisotopic (exact) mass is 429 g/mol. The molecule has 1 aromatic rings.